The molecule has 0 amide bonds. The number of nitrogens with zero attached hydrogens (tertiary/aromatic N) is 3. The van der Waals surface area contributed by atoms with Gasteiger partial charge >= 0.3 is 0 Å². The van der Waals surface area contributed by atoms with Crippen molar-refractivity contribution >= 4 is 0 Å². The summed E-state index contributed by atoms with van der Waals surface area (Å²) in [4.78, 5) is 0. The molecule has 0 unspecified atom stereocenters. The Bertz CT molecular complexity index is 808. The van der Waals surface area contributed by atoms with Gasteiger partial charge in [0.25, 0.3) is 0 Å². The average molecular weight is 305 g/mol. The zero-order chi connectivity index (χ0) is 16.1. The molecule has 4 heteroatoms. The lowest BCUT2D eigenvalue weighted by atomic mass is 10.1. The third-order valence-corrected chi connectivity index (χ3v) is 3.61. The molecule has 2 aromatic carbocycles. The van der Waals surface area contributed by atoms with Crippen LogP contribution in [0, 0.1) is 0 Å². The summed E-state index contributed by atoms with van der Waals surface area (Å²) in [7, 11) is 0. The molecule has 116 valence electrons. The molecule has 1 heterocycles. The predicted molar refractivity (Wildman–Crippen MR) is 91.9 cm³/mol. The van der Waals surface area contributed by atoms with Crippen molar-refractivity contribution < 1.29 is 4.74 Å². The standard InChI is InChI=1S/C19H19N3O/c1-3-12-23-17-10-7-9-16(13-17)18-14-22(21-20-18)19-11-6-5-8-15(19)4-2/h3,5-11,13-14H,1,4,12H2,2H3. The largest absolute Gasteiger partial charge is 0.490 e. The Morgan fingerprint density at radius 2 is 2.04 bits per heavy atom. The molecule has 23 heavy (non-hydrogen) atoms. The third-order valence-electron chi connectivity index (χ3n) is 3.61. The summed E-state index contributed by atoms with van der Waals surface area (Å²) in [6, 6.07) is 16.1. The van der Waals surface area contributed by atoms with Gasteiger partial charge in [-0.1, -0.05) is 55.1 Å². The molecule has 0 atom stereocenters. The molecule has 0 bridgehead atoms. The fourth-order valence-electron chi connectivity index (χ4n) is 2.45. The maximum atomic E-state index is 5.57. The van der Waals surface area contributed by atoms with Gasteiger partial charge in [0.05, 0.1) is 11.9 Å². The summed E-state index contributed by atoms with van der Waals surface area (Å²) < 4.78 is 7.40. The molecule has 0 spiro atoms. The van der Waals surface area contributed by atoms with Crippen LogP contribution in [0.5, 0.6) is 5.75 Å². The Kier molecular flexibility index (Phi) is 4.52. The highest BCUT2D eigenvalue weighted by Gasteiger charge is 2.08. The van der Waals surface area contributed by atoms with Crippen molar-refractivity contribution in [3.8, 4) is 22.7 Å². The maximum absolute atomic E-state index is 5.57. The average Bonchev–Trinajstić information content (AvgIpc) is 3.10. The van der Waals surface area contributed by atoms with Crippen LogP contribution < -0.4 is 4.74 Å². The first-order chi connectivity index (χ1) is 11.3. The van der Waals surface area contributed by atoms with Crippen molar-refractivity contribution in [2.45, 2.75) is 13.3 Å². The topological polar surface area (TPSA) is 39.9 Å². The number of hydrogen-bond acceptors (Lipinski definition) is 3. The van der Waals surface area contributed by atoms with E-state index in [0.717, 1.165) is 29.1 Å². The lowest BCUT2D eigenvalue weighted by Crippen LogP contribution is -1.99. The van der Waals surface area contributed by atoms with Crippen molar-refractivity contribution in [3.05, 3.63) is 72.9 Å². The Labute approximate surface area is 136 Å². The number of ether oxygens (including phenoxy) is 1. The first-order valence-corrected chi connectivity index (χ1v) is 7.66. The van der Waals surface area contributed by atoms with Gasteiger partial charge in [-0.2, -0.15) is 0 Å². The van der Waals surface area contributed by atoms with E-state index in [1.165, 1.54) is 5.56 Å². The van der Waals surface area contributed by atoms with Crippen molar-refractivity contribution in [2.24, 2.45) is 0 Å². The van der Waals surface area contributed by atoms with Gasteiger partial charge in [-0.05, 0) is 30.2 Å². The molecule has 0 aliphatic rings. The van der Waals surface area contributed by atoms with E-state index < -0.39 is 0 Å². The Morgan fingerprint density at radius 1 is 1.17 bits per heavy atom. The molecule has 0 aliphatic carbocycles. The summed E-state index contributed by atoms with van der Waals surface area (Å²) >= 11 is 0. The first kappa shape index (κ1) is 15.0. The van der Waals surface area contributed by atoms with Crippen LogP contribution in [0.25, 0.3) is 16.9 Å². The van der Waals surface area contributed by atoms with E-state index >= 15 is 0 Å². The second-order valence-corrected chi connectivity index (χ2v) is 5.16. The molecular formula is C19H19N3O. The molecule has 3 rings (SSSR count). The van der Waals surface area contributed by atoms with Crippen LogP contribution in [0.4, 0.5) is 0 Å². The second-order valence-electron chi connectivity index (χ2n) is 5.16. The molecule has 4 nitrogen and oxygen atoms in total. The van der Waals surface area contributed by atoms with Crippen LogP contribution >= 0.6 is 0 Å². The van der Waals surface area contributed by atoms with Gasteiger partial charge in [-0.3, -0.25) is 0 Å². The number of aryl methyl sites for hydroxylation is 1. The number of rotatable bonds is 6. The van der Waals surface area contributed by atoms with Crippen molar-refractivity contribution in [1.29, 1.82) is 0 Å². The van der Waals surface area contributed by atoms with E-state index in [1.54, 1.807) is 6.08 Å². The molecule has 0 fully saturated rings. The molecular weight excluding hydrogens is 286 g/mol. The second kappa shape index (κ2) is 6.92. The Morgan fingerprint density at radius 3 is 2.87 bits per heavy atom. The molecule has 0 radical (unpaired) electrons. The van der Waals surface area contributed by atoms with E-state index in [0.29, 0.717) is 6.61 Å². The van der Waals surface area contributed by atoms with Gasteiger partial charge in [-0.25, -0.2) is 4.68 Å². The quantitative estimate of drug-likeness (QED) is 0.645. The van der Waals surface area contributed by atoms with Gasteiger partial charge in [-0.15, -0.1) is 5.10 Å². The predicted octanol–water partition coefficient (Wildman–Crippen LogP) is 4.06. The van der Waals surface area contributed by atoms with Crippen molar-refractivity contribution in [2.75, 3.05) is 6.61 Å². The summed E-state index contributed by atoms with van der Waals surface area (Å²) in [5, 5.41) is 8.57. The van der Waals surface area contributed by atoms with Crippen LogP contribution in [-0.4, -0.2) is 21.6 Å². The fourth-order valence-corrected chi connectivity index (χ4v) is 2.45. The van der Waals surface area contributed by atoms with Crippen LogP contribution in [0.15, 0.2) is 67.4 Å². The summed E-state index contributed by atoms with van der Waals surface area (Å²) in [6.45, 7) is 6.28. The molecule has 1 aromatic heterocycles. The van der Waals surface area contributed by atoms with E-state index in [2.05, 4.69) is 35.9 Å². The van der Waals surface area contributed by atoms with Gasteiger partial charge < -0.3 is 4.74 Å². The highest BCUT2D eigenvalue weighted by Crippen LogP contribution is 2.23. The number of benzene rings is 2. The van der Waals surface area contributed by atoms with E-state index in [-0.39, 0.29) is 0 Å². The monoisotopic (exact) mass is 305 g/mol. The maximum Gasteiger partial charge on any atom is 0.120 e. The number of hydrogen-bond donors (Lipinski definition) is 0. The van der Waals surface area contributed by atoms with Crippen LogP contribution in [0.1, 0.15) is 12.5 Å². The molecule has 0 saturated heterocycles. The lowest BCUT2D eigenvalue weighted by molar-refractivity contribution is 0.363. The highest BCUT2D eigenvalue weighted by atomic mass is 16.5. The SMILES string of the molecule is C=CCOc1cccc(-c2cn(-c3ccccc3CC)nn2)c1. The summed E-state index contributed by atoms with van der Waals surface area (Å²) in [6.07, 6.45) is 4.63. The molecule has 0 saturated carbocycles. The van der Waals surface area contributed by atoms with E-state index in [4.69, 9.17) is 4.74 Å². The summed E-state index contributed by atoms with van der Waals surface area (Å²) in [5.41, 5.74) is 4.10. The van der Waals surface area contributed by atoms with E-state index in [9.17, 15) is 0 Å². The smallest absolute Gasteiger partial charge is 0.120 e. The van der Waals surface area contributed by atoms with E-state index in [1.807, 2.05) is 47.3 Å². The zero-order valence-corrected chi connectivity index (χ0v) is 13.1. The van der Waals surface area contributed by atoms with Gasteiger partial charge in [0.2, 0.25) is 0 Å². The molecule has 0 N–H and O–H groups in total. The fraction of sp³-hybridized carbons (Fsp3) is 0.158. The minimum Gasteiger partial charge on any atom is -0.490 e. The van der Waals surface area contributed by atoms with Gasteiger partial charge in [0.15, 0.2) is 0 Å². The summed E-state index contributed by atoms with van der Waals surface area (Å²) in [5.74, 6) is 0.797. The molecule has 0 aliphatic heterocycles. The van der Waals surface area contributed by atoms with Crippen molar-refractivity contribution in [1.82, 2.24) is 15.0 Å². The lowest BCUT2D eigenvalue weighted by Gasteiger charge is -2.06. The third kappa shape index (κ3) is 3.31. The number of aromatic nitrogens is 3. The van der Waals surface area contributed by atoms with Gasteiger partial charge in [0, 0.05) is 5.56 Å². The van der Waals surface area contributed by atoms with Crippen LogP contribution in [0.2, 0.25) is 0 Å². The van der Waals surface area contributed by atoms with Crippen LogP contribution in [-0.2, 0) is 6.42 Å². The minimum absolute atomic E-state index is 0.486. The zero-order valence-electron chi connectivity index (χ0n) is 13.1. The Hall–Kier alpha value is -2.88. The normalized spacial score (nSPS) is 10.5. The molecule has 3 aromatic rings. The Balaban J connectivity index is 1.91. The first-order valence-electron chi connectivity index (χ1n) is 7.66. The minimum atomic E-state index is 0.486. The number of para-hydroxylation sites is 1. The van der Waals surface area contributed by atoms with Gasteiger partial charge in [0.1, 0.15) is 18.1 Å². The van der Waals surface area contributed by atoms with Crippen LogP contribution in [0.3, 0.4) is 0 Å². The van der Waals surface area contributed by atoms with Crippen molar-refractivity contribution in [3.63, 3.8) is 0 Å². The highest BCUT2D eigenvalue weighted by molar-refractivity contribution is 5.60.